The second-order valence-corrected chi connectivity index (χ2v) is 4.90. The molecule has 0 aromatic heterocycles. The Hall–Kier alpha value is -1.00. The van der Waals surface area contributed by atoms with Gasteiger partial charge in [-0.2, -0.15) is 0 Å². The van der Waals surface area contributed by atoms with Gasteiger partial charge in [0.2, 0.25) is 5.96 Å². The molecule has 0 saturated carbocycles. The third-order valence-corrected chi connectivity index (χ3v) is 3.58. The Labute approximate surface area is 116 Å². The van der Waals surface area contributed by atoms with Gasteiger partial charge in [0.25, 0.3) is 0 Å². The number of ether oxygens (including phenoxy) is 1. The van der Waals surface area contributed by atoms with Gasteiger partial charge in [-0.05, 0) is 12.2 Å². The van der Waals surface area contributed by atoms with Crippen LogP contribution in [0.15, 0.2) is 4.99 Å². The summed E-state index contributed by atoms with van der Waals surface area (Å²) in [5.74, 6) is 0.619. The molecule has 0 radical (unpaired) electrons. The average molecular weight is 290 g/mol. The van der Waals surface area contributed by atoms with Gasteiger partial charge in [-0.3, -0.25) is 4.99 Å². The van der Waals surface area contributed by atoms with E-state index in [0.29, 0.717) is 17.7 Å². The van der Waals surface area contributed by atoms with Gasteiger partial charge in [-0.25, -0.2) is 0 Å². The second-order valence-electron chi connectivity index (χ2n) is 4.52. The summed E-state index contributed by atoms with van der Waals surface area (Å²) in [6.45, 7) is 0.00532. The van der Waals surface area contributed by atoms with E-state index in [4.69, 9.17) is 22.1 Å². The van der Waals surface area contributed by atoms with Gasteiger partial charge in [-0.1, -0.05) is 0 Å². The van der Waals surface area contributed by atoms with Gasteiger partial charge in [0, 0.05) is 14.1 Å². The number of aliphatic hydroxyl groups is 3. The van der Waals surface area contributed by atoms with E-state index in [-0.39, 0.29) is 6.61 Å². The van der Waals surface area contributed by atoms with E-state index in [2.05, 4.69) is 10.3 Å². The highest BCUT2D eigenvalue weighted by Crippen LogP contribution is 2.25. The molecule has 2 rings (SSSR count). The highest BCUT2D eigenvalue weighted by Gasteiger charge is 2.47. The summed E-state index contributed by atoms with van der Waals surface area (Å²) in [7, 11) is 3.45. The van der Waals surface area contributed by atoms with E-state index < -0.39 is 24.5 Å². The van der Waals surface area contributed by atoms with E-state index in [1.807, 2.05) is 7.05 Å². The van der Waals surface area contributed by atoms with E-state index in [0.717, 1.165) is 0 Å². The first-order valence-electron chi connectivity index (χ1n) is 5.87. The average Bonchev–Trinajstić information content (AvgIpc) is 2.68. The predicted octanol–water partition coefficient (Wildman–Crippen LogP) is -2.51. The molecule has 108 valence electrons. The maximum absolute atomic E-state index is 9.97. The van der Waals surface area contributed by atoms with Crippen molar-refractivity contribution in [3.63, 3.8) is 0 Å². The molecule has 0 amide bonds. The Morgan fingerprint density at radius 2 is 2.16 bits per heavy atom. The molecule has 2 fully saturated rings. The summed E-state index contributed by atoms with van der Waals surface area (Å²) in [6.07, 6.45) is -3.88. The summed E-state index contributed by atoms with van der Waals surface area (Å²) >= 11 is 5.20. The Balaban J connectivity index is 2.12. The van der Waals surface area contributed by atoms with Gasteiger partial charge in [-0.15, -0.1) is 0 Å². The van der Waals surface area contributed by atoms with Gasteiger partial charge in [0.05, 0.1) is 13.3 Å². The zero-order valence-electron chi connectivity index (χ0n) is 10.7. The molecule has 2 unspecified atom stereocenters. The standard InChI is InChI=1S/C10H18N4O4S/c1-11-9-12-10(19)14(4-13(9)2)8-7(17)6(16)5(3-15)18-8/h5-8,15-17H,3-4H2,1-2H3,(H,11,12,19)/t5-,6?,7?,8-/m1/s1. The number of aliphatic imine (C=N–C) groups is 1. The fourth-order valence-electron chi connectivity index (χ4n) is 2.18. The van der Waals surface area contributed by atoms with E-state index in [1.165, 1.54) is 0 Å². The Kier molecular flexibility index (Phi) is 4.21. The van der Waals surface area contributed by atoms with Crippen LogP contribution in [-0.4, -0.2) is 88.1 Å². The number of nitrogens with zero attached hydrogens (tertiary/aromatic N) is 3. The van der Waals surface area contributed by atoms with Crippen molar-refractivity contribution in [1.29, 1.82) is 0 Å². The molecule has 0 aromatic rings. The third-order valence-electron chi connectivity index (χ3n) is 3.24. The number of hydrogen-bond acceptors (Lipinski definition) is 6. The molecular formula is C10H18N4O4S. The van der Waals surface area contributed by atoms with Crippen molar-refractivity contribution in [2.45, 2.75) is 24.5 Å². The van der Waals surface area contributed by atoms with Gasteiger partial charge < -0.3 is 35.2 Å². The molecule has 19 heavy (non-hydrogen) atoms. The highest BCUT2D eigenvalue weighted by molar-refractivity contribution is 7.80. The van der Waals surface area contributed by atoms with Crippen molar-refractivity contribution in [2.24, 2.45) is 4.99 Å². The highest BCUT2D eigenvalue weighted by atomic mass is 32.1. The minimum absolute atomic E-state index is 0.355. The van der Waals surface area contributed by atoms with E-state index >= 15 is 0 Å². The normalized spacial score (nSPS) is 37.9. The largest absolute Gasteiger partial charge is 0.394 e. The molecule has 0 bridgehead atoms. The van der Waals surface area contributed by atoms with Crippen molar-refractivity contribution in [1.82, 2.24) is 15.1 Å². The zero-order chi connectivity index (χ0) is 14.2. The Morgan fingerprint density at radius 3 is 2.68 bits per heavy atom. The lowest BCUT2D eigenvalue weighted by molar-refractivity contribution is -0.0801. The smallest absolute Gasteiger partial charge is 0.201 e. The minimum atomic E-state index is -1.13. The van der Waals surface area contributed by atoms with Crippen LogP contribution in [0.1, 0.15) is 0 Å². The van der Waals surface area contributed by atoms with E-state index in [9.17, 15) is 10.2 Å². The van der Waals surface area contributed by atoms with Gasteiger partial charge in [0.1, 0.15) is 18.3 Å². The van der Waals surface area contributed by atoms with Gasteiger partial charge >= 0.3 is 0 Å². The van der Waals surface area contributed by atoms with E-state index in [1.54, 1.807) is 16.8 Å². The number of nitrogens with one attached hydrogen (secondary N) is 1. The maximum Gasteiger partial charge on any atom is 0.201 e. The summed E-state index contributed by atoms with van der Waals surface area (Å²) in [5.41, 5.74) is 0. The molecule has 2 saturated heterocycles. The summed E-state index contributed by atoms with van der Waals surface area (Å²) in [6, 6.07) is 0. The summed E-state index contributed by atoms with van der Waals surface area (Å²) < 4.78 is 5.44. The van der Waals surface area contributed by atoms with Crippen LogP contribution in [0, 0.1) is 0 Å². The first-order valence-corrected chi connectivity index (χ1v) is 6.28. The Bertz CT molecular complexity index is 394. The van der Waals surface area contributed by atoms with Crippen molar-refractivity contribution in [3.05, 3.63) is 0 Å². The number of aliphatic hydroxyl groups excluding tert-OH is 3. The first kappa shape index (κ1) is 14.4. The van der Waals surface area contributed by atoms with Crippen LogP contribution >= 0.6 is 12.2 Å². The van der Waals surface area contributed by atoms with Crippen LogP contribution in [0.2, 0.25) is 0 Å². The van der Waals surface area contributed by atoms with Crippen LogP contribution in [0.4, 0.5) is 0 Å². The molecule has 9 heteroatoms. The third kappa shape index (κ3) is 2.51. The first-order chi connectivity index (χ1) is 8.99. The van der Waals surface area contributed by atoms with Crippen molar-refractivity contribution in [2.75, 3.05) is 27.4 Å². The number of guanidine groups is 1. The summed E-state index contributed by atoms with van der Waals surface area (Å²) in [4.78, 5) is 7.43. The lowest BCUT2D eigenvalue weighted by Gasteiger charge is -2.41. The number of hydrogen-bond donors (Lipinski definition) is 4. The monoisotopic (exact) mass is 290 g/mol. The fourth-order valence-corrected chi connectivity index (χ4v) is 2.44. The molecule has 8 nitrogen and oxygen atoms in total. The Morgan fingerprint density at radius 1 is 1.47 bits per heavy atom. The molecule has 2 aliphatic heterocycles. The number of rotatable bonds is 2. The van der Waals surface area contributed by atoms with Crippen molar-refractivity contribution >= 4 is 23.3 Å². The molecule has 0 aliphatic carbocycles. The lowest BCUT2D eigenvalue weighted by Crippen LogP contribution is -2.63. The van der Waals surface area contributed by atoms with Gasteiger partial charge in [0.15, 0.2) is 11.3 Å². The zero-order valence-corrected chi connectivity index (χ0v) is 11.5. The van der Waals surface area contributed by atoms with Crippen LogP contribution < -0.4 is 5.32 Å². The lowest BCUT2D eigenvalue weighted by atomic mass is 10.1. The predicted molar refractivity (Wildman–Crippen MR) is 71.3 cm³/mol. The quantitative estimate of drug-likeness (QED) is 0.414. The van der Waals surface area contributed by atoms with Crippen molar-refractivity contribution in [3.8, 4) is 0 Å². The SMILES string of the molecule is CN=C1NC(=S)N([C@@H]2O[C@H](CO)C(O)C2O)CN1C. The number of thiocarbonyl (C=S) groups is 1. The fraction of sp³-hybridized carbons (Fsp3) is 0.800. The minimum Gasteiger partial charge on any atom is -0.394 e. The van der Waals surface area contributed by atoms with Crippen molar-refractivity contribution < 1.29 is 20.1 Å². The maximum atomic E-state index is 9.97. The molecule has 0 aromatic carbocycles. The molecule has 4 N–H and O–H groups in total. The van der Waals surface area contributed by atoms with Crippen LogP contribution in [0.25, 0.3) is 0 Å². The molecule has 4 atom stereocenters. The van der Waals surface area contributed by atoms with Crippen LogP contribution in [-0.2, 0) is 4.74 Å². The second kappa shape index (κ2) is 5.55. The topological polar surface area (TPSA) is 101 Å². The molecule has 0 spiro atoms. The molecular weight excluding hydrogens is 272 g/mol. The molecule has 2 aliphatic rings. The molecule has 2 heterocycles. The van der Waals surface area contributed by atoms with Crippen LogP contribution in [0.5, 0.6) is 0 Å². The van der Waals surface area contributed by atoms with Crippen LogP contribution in [0.3, 0.4) is 0 Å². The summed E-state index contributed by atoms with van der Waals surface area (Å²) in [5, 5.41) is 32.1.